The van der Waals surface area contributed by atoms with Crippen molar-refractivity contribution in [2.45, 2.75) is 18.5 Å². The van der Waals surface area contributed by atoms with E-state index in [9.17, 15) is 23.1 Å². The molecular weight excluding hydrogens is 314 g/mol. The number of phenolic OH excluding ortho intramolecular Hbond substituents is 1. The molecule has 2 fully saturated rings. The summed E-state index contributed by atoms with van der Waals surface area (Å²) in [5.41, 5.74) is 0.354. The van der Waals surface area contributed by atoms with E-state index in [1.165, 1.54) is 17.0 Å². The van der Waals surface area contributed by atoms with Gasteiger partial charge in [-0.15, -0.1) is 0 Å². The number of amides is 3. The fourth-order valence-corrected chi connectivity index (χ4v) is 3.72. The van der Waals surface area contributed by atoms with E-state index in [1.54, 1.807) is 12.1 Å². The molecule has 0 aliphatic carbocycles. The predicted molar refractivity (Wildman–Crippen MR) is 74.4 cm³/mol. The molecular formula is C12H13N3O6S. The number of β-lactam (4-membered cyclic amide) rings is 1. The molecule has 9 nitrogen and oxygen atoms in total. The summed E-state index contributed by atoms with van der Waals surface area (Å²) in [4.78, 5) is 25.2. The molecule has 22 heavy (non-hydrogen) atoms. The zero-order valence-corrected chi connectivity index (χ0v) is 12.0. The Morgan fingerprint density at radius 2 is 2.09 bits per heavy atom. The van der Waals surface area contributed by atoms with Crippen LogP contribution in [0.1, 0.15) is 6.42 Å². The lowest BCUT2D eigenvalue weighted by Crippen LogP contribution is -2.68. The molecule has 2 aliphatic heterocycles. The van der Waals surface area contributed by atoms with Gasteiger partial charge in [0.05, 0.1) is 6.04 Å². The highest BCUT2D eigenvalue weighted by atomic mass is 32.2. The summed E-state index contributed by atoms with van der Waals surface area (Å²) in [6.45, 7) is 0.192. The van der Waals surface area contributed by atoms with Gasteiger partial charge in [0.25, 0.3) is 5.91 Å². The highest BCUT2D eigenvalue weighted by Crippen LogP contribution is 2.35. The summed E-state index contributed by atoms with van der Waals surface area (Å²) >= 11 is 0. The molecule has 0 unspecified atom stereocenters. The molecule has 1 aromatic carbocycles. The highest BCUT2D eigenvalue weighted by Gasteiger charge is 2.60. The summed E-state index contributed by atoms with van der Waals surface area (Å²) in [5, 5.41) is 11.9. The van der Waals surface area contributed by atoms with Crippen LogP contribution < -0.4 is 5.32 Å². The molecule has 0 aromatic heterocycles. The van der Waals surface area contributed by atoms with E-state index in [2.05, 4.69) is 5.32 Å². The van der Waals surface area contributed by atoms with Gasteiger partial charge in [-0.1, -0.05) is 6.07 Å². The number of carbonyl (C=O) groups excluding carboxylic acids is 2. The van der Waals surface area contributed by atoms with Gasteiger partial charge in [-0.05, 0) is 18.6 Å². The van der Waals surface area contributed by atoms with Gasteiger partial charge < -0.3 is 15.3 Å². The lowest BCUT2D eigenvalue weighted by molar-refractivity contribution is -0.143. The molecule has 3 amide bonds. The van der Waals surface area contributed by atoms with Crippen molar-refractivity contribution < 1.29 is 27.7 Å². The van der Waals surface area contributed by atoms with Crippen LogP contribution >= 0.6 is 0 Å². The average molecular weight is 327 g/mol. The SMILES string of the molecule is O=C(Nc1cccc(O)c1)N1CC[C@@H]2[C@H]1C(=O)N2S(=O)(=O)O. The molecule has 3 N–H and O–H groups in total. The normalized spacial score (nSPS) is 24.0. The van der Waals surface area contributed by atoms with Crippen molar-refractivity contribution in [2.24, 2.45) is 0 Å². The first-order valence-corrected chi connectivity index (χ1v) is 7.86. The first kappa shape index (κ1) is 14.6. The first-order valence-electron chi connectivity index (χ1n) is 6.46. The van der Waals surface area contributed by atoms with E-state index < -0.39 is 34.3 Å². The Labute approximate surface area is 126 Å². The number of nitrogens with one attached hydrogen (secondary N) is 1. The summed E-state index contributed by atoms with van der Waals surface area (Å²) in [6.07, 6.45) is 0.268. The minimum Gasteiger partial charge on any atom is -0.508 e. The fourth-order valence-electron chi connectivity index (χ4n) is 2.82. The lowest BCUT2D eigenvalue weighted by Gasteiger charge is -2.42. The maximum Gasteiger partial charge on any atom is 0.362 e. The molecule has 0 bridgehead atoms. The zero-order chi connectivity index (χ0) is 16.1. The topological polar surface area (TPSA) is 127 Å². The molecule has 1 aromatic rings. The largest absolute Gasteiger partial charge is 0.508 e. The average Bonchev–Trinajstić information content (AvgIpc) is 2.75. The lowest BCUT2D eigenvalue weighted by atomic mass is 10.0. The van der Waals surface area contributed by atoms with Crippen molar-refractivity contribution in [1.82, 2.24) is 9.21 Å². The number of hydrogen-bond acceptors (Lipinski definition) is 5. The van der Waals surface area contributed by atoms with Crippen LogP contribution in [0.15, 0.2) is 24.3 Å². The summed E-state index contributed by atoms with van der Waals surface area (Å²) < 4.78 is 31.5. The Hall–Kier alpha value is -2.33. The quantitative estimate of drug-likeness (QED) is 0.519. The van der Waals surface area contributed by atoms with Gasteiger partial charge in [-0.3, -0.25) is 9.35 Å². The molecule has 0 spiro atoms. The van der Waals surface area contributed by atoms with E-state index in [0.717, 1.165) is 0 Å². The van der Waals surface area contributed by atoms with E-state index >= 15 is 0 Å². The number of fused-ring (bicyclic) bond motifs is 1. The van der Waals surface area contributed by atoms with Crippen LogP contribution in [0.2, 0.25) is 0 Å². The highest BCUT2D eigenvalue weighted by molar-refractivity contribution is 7.84. The van der Waals surface area contributed by atoms with Crippen molar-refractivity contribution in [3.05, 3.63) is 24.3 Å². The van der Waals surface area contributed by atoms with Gasteiger partial charge in [-0.2, -0.15) is 8.42 Å². The van der Waals surface area contributed by atoms with Crippen LogP contribution in [0.25, 0.3) is 0 Å². The molecule has 10 heteroatoms. The molecule has 0 radical (unpaired) electrons. The second-order valence-corrected chi connectivity index (χ2v) is 6.38. The second-order valence-electron chi connectivity index (χ2n) is 5.09. The zero-order valence-electron chi connectivity index (χ0n) is 11.2. The van der Waals surface area contributed by atoms with Gasteiger partial charge >= 0.3 is 16.3 Å². The Balaban J connectivity index is 1.73. The standard InChI is InChI=1S/C12H13N3O6S/c16-8-3-1-2-7(6-8)13-12(18)14-5-4-9-10(14)11(17)15(9)22(19,20)21/h1-3,6,9-10,16H,4-5H2,(H,13,18)(H,19,20,21)/t9-,10+/m1/s1. The summed E-state index contributed by atoms with van der Waals surface area (Å²) in [7, 11) is -4.59. The third kappa shape index (κ3) is 2.25. The van der Waals surface area contributed by atoms with Crippen LogP contribution in [0.4, 0.5) is 10.5 Å². The number of nitrogens with zero attached hydrogens (tertiary/aromatic N) is 2. The maximum absolute atomic E-state index is 12.2. The number of anilines is 1. The smallest absolute Gasteiger partial charge is 0.362 e. The van der Waals surface area contributed by atoms with Crippen LogP contribution in [0, 0.1) is 0 Å². The minimum absolute atomic E-state index is 0.0191. The summed E-state index contributed by atoms with van der Waals surface area (Å²) in [5.74, 6) is -0.842. The Kier molecular flexibility index (Phi) is 3.22. The molecule has 2 heterocycles. The number of aromatic hydroxyl groups is 1. The number of hydrogen-bond donors (Lipinski definition) is 3. The molecule has 2 saturated heterocycles. The third-order valence-corrected chi connectivity index (χ3v) is 4.69. The Morgan fingerprint density at radius 3 is 2.73 bits per heavy atom. The third-order valence-electron chi connectivity index (χ3n) is 3.74. The van der Waals surface area contributed by atoms with Gasteiger partial charge in [0, 0.05) is 18.3 Å². The van der Waals surface area contributed by atoms with Gasteiger partial charge in [-0.25, -0.2) is 9.10 Å². The van der Waals surface area contributed by atoms with Gasteiger partial charge in [0.1, 0.15) is 11.8 Å². The van der Waals surface area contributed by atoms with Crippen LogP contribution in [-0.2, 0) is 15.1 Å². The molecule has 2 aliphatic rings. The number of likely N-dealkylation sites (tertiary alicyclic amines) is 1. The van der Waals surface area contributed by atoms with Crippen molar-refractivity contribution in [3.63, 3.8) is 0 Å². The van der Waals surface area contributed by atoms with Crippen molar-refractivity contribution in [3.8, 4) is 5.75 Å². The minimum atomic E-state index is -4.59. The summed E-state index contributed by atoms with van der Waals surface area (Å²) in [6, 6.07) is 3.72. The molecule has 2 atom stereocenters. The van der Waals surface area contributed by atoms with E-state index in [4.69, 9.17) is 4.55 Å². The van der Waals surface area contributed by atoms with Crippen molar-refractivity contribution in [2.75, 3.05) is 11.9 Å². The van der Waals surface area contributed by atoms with Crippen molar-refractivity contribution in [1.29, 1.82) is 0 Å². The number of rotatable bonds is 2. The van der Waals surface area contributed by atoms with Gasteiger partial charge in [0.15, 0.2) is 0 Å². The maximum atomic E-state index is 12.2. The number of carbonyl (C=O) groups is 2. The Bertz CT molecular complexity index is 749. The van der Waals surface area contributed by atoms with Gasteiger partial charge in [0.2, 0.25) is 0 Å². The Morgan fingerprint density at radius 1 is 1.36 bits per heavy atom. The first-order chi connectivity index (χ1) is 10.3. The number of phenols is 1. The molecule has 0 saturated carbocycles. The monoisotopic (exact) mass is 327 g/mol. The second kappa shape index (κ2) is 4.85. The fraction of sp³-hybridized carbons (Fsp3) is 0.333. The van der Waals surface area contributed by atoms with E-state index in [-0.39, 0.29) is 18.7 Å². The van der Waals surface area contributed by atoms with E-state index in [1.807, 2.05) is 0 Å². The van der Waals surface area contributed by atoms with Crippen LogP contribution in [-0.4, -0.2) is 57.8 Å². The molecule has 118 valence electrons. The number of benzene rings is 1. The number of urea groups is 1. The van der Waals surface area contributed by atoms with Crippen molar-refractivity contribution >= 4 is 27.9 Å². The predicted octanol–water partition coefficient (Wildman–Crippen LogP) is 0.0120. The molecule has 3 rings (SSSR count). The van der Waals surface area contributed by atoms with Crippen LogP contribution in [0.3, 0.4) is 0 Å². The van der Waals surface area contributed by atoms with Crippen LogP contribution in [0.5, 0.6) is 5.75 Å². The van der Waals surface area contributed by atoms with E-state index in [0.29, 0.717) is 9.99 Å².